The second kappa shape index (κ2) is 13.1. The third-order valence-corrected chi connectivity index (χ3v) is 7.24. The van der Waals surface area contributed by atoms with Crippen molar-refractivity contribution >= 4 is 17.5 Å². The first-order valence-corrected chi connectivity index (χ1v) is 13.8. The molecule has 1 saturated heterocycles. The molecule has 0 unspecified atom stereocenters. The summed E-state index contributed by atoms with van der Waals surface area (Å²) in [6, 6.07) is 33.7. The zero-order valence-electron chi connectivity index (χ0n) is 22.8. The summed E-state index contributed by atoms with van der Waals surface area (Å²) in [7, 11) is 0. The van der Waals surface area contributed by atoms with Crippen LogP contribution in [0.5, 0.6) is 11.5 Å². The largest absolute Gasteiger partial charge is 0.457 e. The molecule has 6 heteroatoms. The molecule has 1 heterocycles. The number of benzene rings is 4. The Morgan fingerprint density at radius 3 is 2.20 bits per heavy atom. The highest BCUT2D eigenvalue weighted by Crippen LogP contribution is 2.30. The smallest absolute Gasteiger partial charge is 0.251 e. The van der Waals surface area contributed by atoms with E-state index in [1.165, 1.54) is 18.1 Å². The molecule has 40 heavy (non-hydrogen) atoms. The van der Waals surface area contributed by atoms with Gasteiger partial charge >= 0.3 is 0 Å². The highest BCUT2D eigenvalue weighted by Gasteiger charge is 2.21. The molecular formula is C34H35N3O3. The fraction of sp³-hybridized carbons (Fsp3) is 0.235. The first-order valence-electron chi connectivity index (χ1n) is 13.8. The minimum Gasteiger partial charge on any atom is -0.457 e. The van der Waals surface area contributed by atoms with Gasteiger partial charge in [0.25, 0.3) is 5.91 Å². The molecule has 1 aliphatic rings. The Balaban J connectivity index is 1.08. The Bertz CT molecular complexity index is 1410. The molecule has 1 aliphatic heterocycles. The number of nitrogens with zero attached hydrogens (tertiary/aromatic N) is 1. The van der Waals surface area contributed by atoms with Crippen molar-refractivity contribution in [3.05, 3.63) is 125 Å². The molecule has 204 valence electrons. The quantitative estimate of drug-likeness (QED) is 0.250. The Morgan fingerprint density at radius 1 is 0.800 bits per heavy atom. The molecule has 6 nitrogen and oxygen atoms in total. The van der Waals surface area contributed by atoms with Crippen LogP contribution in [-0.4, -0.2) is 29.8 Å². The van der Waals surface area contributed by atoms with Crippen LogP contribution in [-0.2, 0) is 17.9 Å². The topological polar surface area (TPSA) is 70.7 Å². The van der Waals surface area contributed by atoms with Gasteiger partial charge in [-0.2, -0.15) is 0 Å². The van der Waals surface area contributed by atoms with E-state index in [4.69, 9.17) is 4.74 Å². The van der Waals surface area contributed by atoms with E-state index in [2.05, 4.69) is 51.9 Å². The van der Waals surface area contributed by atoms with Crippen LogP contribution in [0.4, 0.5) is 5.69 Å². The molecule has 2 N–H and O–H groups in total. The van der Waals surface area contributed by atoms with Gasteiger partial charge in [-0.3, -0.25) is 14.5 Å². The van der Waals surface area contributed by atoms with Crippen LogP contribution in [0.3, 0.4) is 0 Å². The highest BCUT2D eigenvalue weighted by atomic mass is 16.5. The fourth-order valence-corrected chi connectivity index (χ4v) is 5.12. The Morgan fingerprint density at radius 2 is 1.50 bits per heavy atom. The number of carbonyl (C=O) groups is 2. The fourth-order valence-electron chi connectivity index (χ4n) is 5.12. The molecule has 4 aromatic rings. The van der Waals surface area contributed by atoms with E-state index in [-0.39, 0.29) is 11.8 Å². The van der Waals surface area contributed by atoms with Gasteiger partial charge in [-0.25, -0.2) is 0 Å². The lowest BCUT2D eigenvalue weighted by Gasteiger charge is -2.32. The van der Waals surface area contributed by atoms with Gasteiger partial charge in [-0.05, 0) is 97.1 Å². The van der Waals surface area contributed by atoms with Crippen LogP contribution in [0.2, 0.25) is 0 Å². The molecule has 2 amide bonds. The van der Waals surface area contributed by atoms with Gasteiger partial charge in [0, 0.05) is 31.3 Å². The summed E-state index contributed by atoms with van der Waals surface area (Å²) in [5.74, 6) is 1.95. The van der Waals surface area contributed by atoms with Crippen LogP contribution < -0.4 is 15.4 Å². The van der Waals surface area contributed by atoms with Gasteiger partial charge in [0.15, 0.2) is 0 Å². The number of ether oxygens (including phenoxy) is 1. The van der Waals surface area contributed by atoms with E-state index in [1.54, 1.807) is 24.3 Å². The summed E-state index contributed by atoms with van der Waals surface area (Å²) in [5.41, 5.74) is 4.97. The number of hydrogen-bond acceptors (Lipinski definition) is 4. The predicted molar refractivity (Wildman–Crippen MR) is 159 cm³/mol. The number of carbonyl (C=O) groups excluding carboxylic acids is 2. The third-order valence-electron chi connectivity index (χ3n) is 7.24. The average molecular weight is 534 g/mol. The summed E-state index contributed by atoms with van der Waals surface area (Å²) in [5, 5.41) is 5.73. The predicted octanol–water partition coefficient (Wildman–Crippen LogP) is 6.75. The van der Waals surface area contributed by atoms with Gasteiger partial charge in [0.05, 0.1) is 0 Å². The summed E-state index contributed by atoms with van der Waals surface area (Å²) >= 11 is 0. The monoisotopic (exact) mass is 533 g/mol. The average Bonchev–Trinajstić information content (AvgIpc) is 2.98. The zero-order valence-corrected chi connectivity index (χ0v) is 22.8. The molecule has 4 aromatic carbocycles. The number of para-hydroxylation sites is 1. The van der Waals surface area contributed by atoms with Crippen molar-refractivity contribution in [3.8, 4) is 11.5 Å². The second-order valence-electron chi connectivity index (χ2n) is 10.3. The lowest BCUT2D eigenvalue weighted by Crippen LogP contribution is -2.32. The first-order chi connectivity index (χ1) is 19.5. The molecule has 0 spiro atoms. The SMILES string of the molecule is CC(=O)Nc1ccc(C(=O)NCc2cccc(C3CCN(Cc4ccc(Oc5ccccc5)cc4)CC3)c2)cc1. The van der Waals surface area contributed by atoms with Crippen molar-refractivity contribution in [3.63, 3.8) is 0 Å². The molecular weight excluding hydrogens is 498 g/mol. The van der Waals surface area contributed by atoms with E-state index in [1.807, 2.05) is 42.5 Å². The molecule has 0 bridgehead atoms. The Kier molecular flexibility index (Phi) is 8.89. The van der Waals surface area contributed by atoms with Crippen LogP contribution in [0.15, 0.2) is 103 Å². The second-order valence-corrected chi connectivity index (χ2v) is 10.3. The van der Waals surface area contributed by atoms with Crippen molar-refractivity contribution in [2.45, 2.75) is 38.8 Å². The molecule has 0 aliphatic carbocycles. The number of nitrogens with one attached hydrogen (secondary N) is 2. The molecule has 0 atom stereocenters. The van der Waals surface area contributed by atoms with Gasteiger partial charge in [0.1, 0.15) is 11.5 Å². The van der Waals surface area contributed by atoms with Crippen molar-refractivity contribution in [1.29, 1.82) is 0 Å². The third kappa shape index (κ3) is 7.58. The minimum absolute atomic E-state index is 0.132. The standard InChI is InChI=1S/C34H35N3O3/c1-25(38)36-31-14-12-29(13-15-31)34(39)35-23-27-6-5-7-30(22-27)28-18-20-37(21-19-28)24-26-10-16-33(17-11-26)40-32-8-3-2-4-9-32/h2-17,22,28H,18-21,23-24H2,1H3,(H,35,39)(H,36,38). The highest BCUT2D eigenvalue weighted by molar-refractivity contribution is 5.95. The van der Waals surface area contributed by atoms with E-state index in [9.17, 15) is 9.59 Å². The number of amides is 2. The summed E-state index contributed by atoms with van der Waals surface area (Å²) in [6.45, 7) is 4.99. The van der Waals surface area contributed by atoms with Crippen molar-refractivity contribution in [2.24, 2.45) is 0 Å². The van der Waals surface area contributed by atoms with Gasteiger partial charge in [-0.15, -0.1) is 0 Å². The van der Waals surface area contributed by atoms with Crippen molar-refractivity contribution in [1.82, 2.24) is 10.2 Å². The number of rotatable bonds is 9. The van der Waals surface area contributed by atoms with Crippen molar-refractivity contribution < 1.29 is 14.3 Å². The molecule has 1 fully saturated rings. The maximum Gasteiger partial charge on any atom is 0.251 e. The Hall–Kier alpha value is -4.42. The van der Waals surface area contributed by atoms with Crippen molar-refractivity contribution in [2.75, 3.05) is 18.4 Å². The van der Waals surface area contributed by atoms with Gasteiger partial charge in [0.2, 0.25) is 5.91 Å². The molecule has 0 aromatic heterocycles. The number of hydrogen-bond donors (Lipinski definition) is 2. The normalized spacial score (nSPS) is 13.9. The van der Waals surface area contributed by atoms with E-state index < -0.39 is 0 Å². The zero-order chi connectivity index (χ0) is 27.7. The Labute approximate surface area is 236 Å². The van der Waals surface area contributed by atoms with Crippen LogP contribution in [0.1, 0.15) is 52.7 Å². The van der Waals surface area contributed by atoms with Crippen LogP contribution in [0.25, 0.3) is 0 Å². The lowest BCUT2D eigenvalue weighted by atomic mass is 9.88. The maximum atomic E-state index is 12.6. The number of anilines is 1. The van der Waals surface area contributed by atoms with Gasteiger partial charge < -0.3 is 15.4 Å². The van der Waals surface area contributed by atoms with Gasteiger partial charge in [-0.1, -0.05) is 54.6 Å². The molecule has 5 rings (SSSR count). The van der Waals surface area contributed by atoms with Crippen LogP contribution in [0, 0.1) is 0 Å². The van der Waals surface area contributed by atoms with E-state index in [0.29, 0.717) is 23.7 Å². The first kappa shape index (κ1) is 27.2. The minimum atomic E-state index is -0.136. The summed E-state index contributed by atoms with van der Waals surface area (Å²) in [4.78, 5) is 26.3. The number of likely N-dealkylation sites (tertiary alicyclic amines) is 1. The van der Waals surface area contributed by atoms with E-state index in [0.717, 1.165) is 49.5 Å². The summed E-state index contributed by atoms with van der Waals surface area (Å²) in [6.07, 6.45) is 2.23. The molecule has 0 radical (unpaired) electrons. The summed E-state index contributed by atoms with van der Waals surface area (Å²) < 4.78 is 5.92. The molecule has 0 saturated carbocycles. The van der Waals surface area contributed by atoms with E-state index >= 15 is 0 Å². The maximum absolute atomic E-state index is 12.6. The lowest BCUT2D eigenvalue weighted by molar-refractivity contribution is -0.114. The van der Waals surface area contributed by atoms with Crippen LogP contribution >= 0.6 is 0 Å². The number of piperidine rings is 1.